The fraction of sp³-hybridized carbons (Fsp3) is 0.625. The van der Waals surface area contributed by atoms with Gasteiger partial charge in [-0.2, -0.15) is 0 Å². The van der Waals surface area contributed by atoms with Crippen molar-refractivity contribution >= 4 is 0 Å². The zero-order valence-corrected chi connectivity index (χ0v) is 11.8. The molecule has 1 aromatic carbocycles. The van der Waals surface area contributed by atoms with E-state index in [-0.39, 0.29) is 17.6 Å². The highest BCUT2D eigenvalue weighted by molar-refractivity contribution is 5.27. The van der Waals surface area contributed by atoms with Crippen LogP contribution in [0.5, 0.6) is 0 Å². The first-order chi connectivity index (χ1) is 8.47. The summed E-state index contributed by atoms with van der Waals surface area (Å²) >= 11 is 0. The van der Waals surface area contributed by atoms with Gasteiger partial charge in [-0.05, 0) is 35.8 Å². The molecule has 0 radical (unpaired) electrons. The minimum atomic E-state index is 0.215. The number of nitrogens with two attached hydrogens (primary N) is 1. The van der Waals surface area contributed by atoms with E-state index in [1.165, 1.54) is 17.5 Å². The Morgan fingerprint density at radius 2 is 1.83 bits per heavy atom. The lowest BCUT2D eigenvalue weighted by molar-refractivity contribution is 0.0357. The fourth-order valence-corrected chi connectivity index (χ4v) is 2.47. The molecule has 18 heavy (non-hydrogen) atoms. The SMILES string of the molecule is CC(C)(C)c1ccc(CO[C@@H]2CCC[C@H]2N)cc1. The molecule has 0 bridgehead atoms. The van der Waals surface area contributed by atoms with Crippen molar-refractivity contribution in [1.29, 1.82) is 0 Å². The molecule has 0 saturated heterocycles. The third-order valence-corrected chi connectivity index (χ3v) is 3.79. The molecule has 2 N–H and O–H groups in total. The number of hydrogen-bond donors (Lipinski definition) is 1. The van der Waals surface area contributed by atoms with Gasteiger partial charge in [0.25, 0.3) is 0 Å². The second kappa shape index (κ2) is 5.41. The first-order valence-electron chi connectivity index (χ1n) is 6.93. The van der Waals surface area contributed by atoms with Gasteiger partial charge in [-0.3, -0.25) is 0 Å². The summed E-state index contributed by atoms with van der Waals surface area (Å²) in [5.41, 5.74) is 8.82. The Labute approximate surface area is 111 Å². The minimum Gasteiger partial charge on any atom is -0.372 e. The van der Waals surface area contributed by atoms with Crippen LogP contribution in [0.3, 0.4) is 0 Å². The van der Waals surface area contributed by atoms with Crippen LogP contribution in [0.15, 0.2) is 24.3 Å². The Kier molecular flexibility index (Phi) is 4.08. The highest BCUT2D eigenvalue weighted by Crippen LogP contribution is 2.24. The average molecular weight is 247 g/mol. The van der Waals surface area contributed by atoms with Crippen LogP contribution in [-0.2, 0) is 16.8 Å². The van der Waals surface area contributed by atoms with E-state index >= 15 is 0 Å². The summed E-state index contributed by atoms with van der Waals surface area (Å²) in [4.78, 5) is 0. The van der Waals surface area contributed by atoms with Gasteiger partial charge in [-0.15, -0.1) is 0 Å². The van der Waals surface area contributed by atoms with Gasteiger partial charge in [0.15, 0.2) is 0 Å². The highest BCUT2D eigenvalue weighted by atomic mass is 16.5. The number of hydrogen-bond acceptors (Lipinski definition) is 2. The molecule has 0 heterocycles. The summed E-state index contributed by atoms with van der Waals surface area (Å²) in [6.07, 6.45) is 3.68. The van der Waals surface area contributed by atoms with Crippen LogP contribution >= 0.6 is 0 Å². The number of rotatable bonds is 3. The van der Waals surface area contributed by atoms with E-state index in [4.69, 9.17) is 10.5 Å². The fourth-order valence-electron chi connectivity index (χ4n) is 2.47. The van der Waals surface area contributed by atoms with Gasteiger partial charge in [0.05, 0.1) is 12.7 Å². The molecule has 100 valence electrons. The molecule has 2 atom stereocenters. The molecule has 1 aromatic rings. The Hall–Kier alpha value is -0.860. The summed E-state index contributed by atoms with van der Waals surface area (Å²) in [5, 5.41) is 0. The van der Waals surface area contributed by atoms with Gasteiger partial charge < -0.3 is 10.5 Å². The van der Waals surface area contributed by atoms with E-state index in [2.05, 4.69) is 45.0 Å². The molecule has 0 aromatic heterocycles. The summed E-state index contributed by atoms with van der Waals surface area (Å²) in [6.45, 7) is 7.38. The molecule has 2 heteroatoms. The van der Waals surface area contributed by atoms with Crippen molar-refractivity contribution in [1.82, 2.24) is 0 Å². The molecule has 1 aliphatic carbocycles. The van der Waals surface area contributed by atoms with Crippen LogP contribution < -0.4 is 5.73 Å². The monoisotopic (exact) mass is 247 g/mol. The normalized spacial score (nSPS) is 24.4. The molecule has 0 amide bonds. The zero-order chi connectivity index (χ0) is 13.2. The average Bonchev–Trinajstić information content (AvgIpc) is 2.72. The Bertz CT molecular complexity index is 377. The molecule has 1 saturated carbocycles. The van der Waals surface area contributed by atoms with Crippen LogP contribution in [0.4, 0.5) is 0 Å². The predicted molar refractivity (Wildman–Crippen MR) is 75.5 cm³/mol. The first-order valence-corrected chi connectivity index (χ1v) is 6.93. The van der Waals surface area contributed by atoms with Gasteiger partial charge in [0, 0.05) is 6.04 Å². The highest BCUT2D eigenvalue weighted by Gasteiger charge is 2.24. The van der Waals surface area contributed by atoms with Crippen LogP contribution in [0.25, 0.3) is 0 Å². The maximum atomic E-state index is 6.00. The lowest BCUT2D eigenvalue weighted by Crippen LogP contribution is -2.31. The van der Waals surface area contributed by atoms with E-state index < -0.39 is 0 Å². The summed E-state index contributed by atoms with van der Waals surface area (Å²) in [7, 11) is 0. The van der Waals surface area contributed by atoms with Gasteiger partial charge in [0.2, 0.25) is 0 Å². The van der Waals surface area contributed by atoms with Crippen molar-refractivity contribution in [3.8, 4) is 0 Å². The zero-order valence-electron chi connectivity index (χ0n) is 11.8. The van der Waals surface area contributed by atoms with Crippen LogP contribution in [0, 0.1) is 0 Å². The van der Waals surface area contributed by atoms with E-state index in [0.29, 0.717) is 6.61 Å². The molecule has 0 aliphatic heterocycles. The maximum absolute atomic E-state index is 6.00. The molecule has 1 fully saturated rings. The molecule has 0 spiro atoms. The topological polar surface area (TPSA) is 35.2 Å². The standard InChI is InChI=1S/C16H25NO/c1-16(2,3)13-9-7-12(8-10-13)11-18-15-6-4-5-14(15)17/h7-10,14-15H,4-6,11,17H2,1-3H3/t14-,15-/m1/s1. The summed E-state index contributed by atoms with van der Waals surface area (Å²) in [6, 6.07) is 8.97. The molecular weight excluding hydrogens is 222 g/mol. The van der Waals surface area contributed by atoms with Gasteiger partial charge in [-0.25, -0.2) is 0 Å². The van der Waals surface area contributed by atoms with Crippen molar-refractivity contribution in [2.24, 2.45) is 5.73 Å². The quantitative estimate of drug-likeness (QED) is 0.888. The second-order valence-electron chi connectivity index (χ2n) is 6.39. The van der Waals surface area contributed by atoms with Crippen molar-refractivity contribution in [3.63, 3.8) is 0 Å². The van der Waals surface area contributed by atoms with E-state index in [9.17, 15) is 0 Å². The van der Waals surface area contributed by atoms with Crippen LogP contribution in [0.2, 0.25) is 0 Å². The second-order valence-corrected chi connectivity index (χ2v) is 6.39. The van der Waals surface area contributed by atoms with Gasteiger partial charge in [0.1, 0.15) is 0 Å². The number of benzene rings is 1. The summed E-state index contributed by atoms with van der Waals surface area (Å²) < 4.78 is 5.90. The maximum Gasteiger partial charge on any atom is 0.0730 e. The summed E-state index contributed by atoms with van der Waals surface area (Å²) in [5.74, 6) is 0. The predicted octanol–water partition coefficient (Wildman–Crippen LogP) is 3.38. The Morgan fingerprint density at radius 1 is 1.17 bits per heavy atom. The van der Waals surface area contributed by atoms with Crippen molar-refractivity contribution in [2.45, 2.75) is 64.2 Å². The Balaban J connectivity index is 1.90. The number of ether oxygens (including phenoxy) is 1. The Morgan fingerprint density at radius 3 is 2.33 bits per heavy atom. The van der Waals surface area contributed by atoms with Crippen molar-refractivity contribution in [3.05, 3.63) is 35.4 Å². The van der Waals surface area contributed by atoms with E-state index in [0.717, 1.165) is 12.8 Å². The van der Waals surface area contributed by atoms with Gasteiger partial charge in [-0.1, -0.05) is 45.0 Å². The largest absolute Gasteiger partial charge is 0.372 e. The lowest BCUT2D eigenvalue weighted by atomic mass is 9.87. The molecular formula is C16H25NO. The van der Waals surface area contributed by atoms with Crippen LogP contribution in [-0.4, -0.2) is 12.1 Å². The molecule has 0 unspecified atom stereocenters. The molecule has 2 nitrogen and oxygen atoms in total. The van der Waals surface area contributed by atoms with Crippen LogP contribution in [0.1, 0.15) is 51.2 Å². The molecule has 1 aliphatic rings. The smallest absolute Gasteiger partial charge is 0.0730 e. The third-order valence-electron chi connectivity index (χ3n) is 3.79. The van der Waals surface area contributed by atoms with E-state index in [1.807, 2.05) is 0 Å². The lowest BCUT2D eigenvalue weighted by Gasteiger charge is -2.20. The van der Waals surface area contributed by atoms with Crippen molar-refractivity contribution in [2.75, 3.05) is 0 Å². The minimum absolute atomic E-state index is 0.215. The first kappa shape index (κ1) is 13.6. The van der Waals surface area contributed by atoms with E-state index in [1.54, 1.807) is 0 Å². The van der Waals surface area contributed by atoms with Gasteiger partial charge >= 0.3 is 0 Å². The third kappa shape index (κ3) is 3.33. The van der Waals surface area contributed by atoms with Crippen molar-refractivity contribution < 1.29 is 4.74 Å². The molecule has 2 rings (SSSR count).